The summed E-state index contributed by atoms with van der Waals surface area (Å²) >= 11 is 0. The van der Waals surface area contributed by atoms with Gasteiger partial charge in [-0.3, -0.25) is 35.1 Å². The number of amides is 1. The third kappa shape index (κ3) is 3.90. The van der Waals surface area contributed by atoms with Crippen LogP contribution in [0.2, 0.25) is 0 Å². The first kappa shape index (κ1) is 23.0. The van der Waals surface area contributed by atoms with Crippen molar-refractivity contribution in [3.8, 4) is 11.1 Å². The molecule has 4 rings (SSSR count). The maximum absolute atomic E-state index is 13.3. The highest BCUT2D eigenvalue weighted by atomic mass is 16.6. The molecule has 0 unspecified atom stereocenters. The van der Waals surface area contributed by atoms with E-state index in [0.717, 1.165) is 29.8 Å². The van der Waals surface area contributed by atoms with Crippen LogP contribution >= 0.6 is 0 Å². The summed E-state index contributed by atoms with van der Waals surface area (Å²) in [7, 11) is 0. The number of nitro benzene ring substituents is 3. The molecule has 0 saturated heterocycles. The van der Waals surface area contributed by atoms with Gasteiger partial charge in [0.15, 0.2) is 0 Å². The summed E-state index contributed by atoms with van der Waals surface area (Å²) in [4.78, 5) is 45.6. The Morgan fingerprint density at radius 1 is 0.886 bits per heavy atom. The fraction of sp³-hybridized carbons (Fsp3) is 0.0909. The molecule has 2 N–H and O–H groups in total. The van der Waals surface area contributed by atoms with Gasteiger partial charge in [0, 0.05) is 34.9 Å². The summed E-state index contributed by atoms with van der Waals surface area (Å²) in [6, 6.07) is 11.9. The number of carbonyl (C=O) groups excluding carboxylic acids is 1. The van der Waals surface area contributed by atoms with Crippen molar-refractivity contribution in [2.24, 2.45) is 5.16 Å². The summed E-state index contributed by atoms with van der Waals surface area (Å²) in [5.74, 6) is -0.779. The van der Waals surface area contributed by atoms with E-state index in [-0.39, 0.29) is 33.5 Å². The van der Waals surface area contributed by atoms with Crippen LogP contribution in [-0.4, -0.2) is 31.6 Å². The van der Waals surface area contributed by atoms with E-state index in [2.05, 4.69) is 10.5 Å². The van der Waals surface area contributed by atoms with Crippen molar-refractivity contribution in [3.63, 3.8) is 0 Å². The molecule has 0 saturated carbocycles. The van der Waals surface area contributed by atoms with Crippen LogP contribution in [-0.2, 0) is 0 Å². The molecule has 35 heavy (non-hydrogen) atoms. The van der Waals surface area contributed by atoms with E-state index in [4.69, 9.17) is 0 Å². The molecular formula is C22H15N5O8. The summed E-state index contributed by atoms with van der Waals surface area (Å²) in [5.41, 5.74) is -2.46. The third-order valence-electron chi connectivity index (χ3n) is 5.60. The predicted octanol–water partition coefficient (Wildman–Crippen LogP) is 4.11. The molecule has 3 aromatic rings. The fourth-order valence-electron chi connectivity index (χ4n) is 4.03. The van der Waals surface area contributed by atoms with Crippen molar-refractivity contribution in [1.82, 2.24) is 5.32 Å². The van der Waals surface area contributed by atoms with Crippen LogP contribution < -0.4 is 5.32 Å². The standard InChI is InChI=1S/C22H15N5O8/c1-11(12-5-3-2-4-6-12)23-22(28)17-9-13(25(30)31)7-15-19(17)20-16(21(15)24-29)8-14(26(32)33)10-18(20)27(34)35/h2-11,29H,1H3,(H,23,28)/b24-21+/t11-/m1/s1. The molecule has 0 heterocycles. The zero-order chi connectivity index (χ0) is 25.4. The summed E-state index contributed by atoms with van der Waals surface area (Å²) in [5, 5.41) is 50.2. The highest BCUT2D eigenvalue weighted by Crippen LogP contribution is 2.47. The van der Waals surface area contributed by atoms with Crippen LogP contribution in [0, 0.1) is 30.3 Å². The van der Waals surface area contributed by atoms with Gasteiger partial charge in [-0.25, -0.2) is 0 Å². The zero-order valence-corrected chi connectivity index (χ0v) is 17.9. The van der Waals surface area contributed by atoms with E-state index in [1.807, 2.05) is 0 Å². The van der Waals surface area contributed by atoms with Gasteiger partial charge in [-0.05, 0) is 12.5 Å². The van der Waals surface area contributed by atoms with Gasteiger partial charge < -0.3 is 10.5 Å². The second kappa shape index (κ2) is 8.62. The van der Waals surface area contributed by atoms with Crippen LogP contribution in [0.5, 0.6) is 0 Å². The largest absolute Gasteiger partial charge is 0.410 e. The van der Waals surface area contributed by atoms with Gasteiger partial charge in [0.2, 0.25) is 0 Å². The van der Waals surface area contributed by atoms with Gasteiger partial charge in [-0.15, -0.1) is 0 Å². The monoisotopic (exact) mass is 477 g/mol. The Kier molecular flexibility index (Phi) is 5.66. The van der Waals surface area contributed by atoms with Crippen molar-refractivity contribution in [3.05, 3.63) is 107 Å². The normalized spacial score (nSPS) is 13.6. The van der Waals surface area contributed by atoms with E-state index >= 15 is 0 Å². The first-order valence-corrected chi connectivity index (χ1v) is 10.0. The first-order valence-electron chi connectivity index (χ1n) is 10.0. The zero-order valence-electron chi connectivity index (χ0n) is 17.9. The molecule has 0 bridgehead atoms. The molecule has 1 atom stereocenters. The number of non-ortho nitro benzene ring substituents is 2. The molecule has 0 radical (unpaired) electrons. The maximum Gasteiger partial charge on any atom is 0.284 e. The van der Waals surface area contributed by atoms with Crippen molar-refractivity contribution in [1.29, 1.82) is 0 Å². The van der Waals surface area contributed by atoms with Crippen LogP contribution in [0.3, 0.4) is 0 Å². The number of nitro groups is 3. The molecule has 3 aromatic carbocycles. The van der Waals surface area contributed by atoms with Gasteiger partial charge in [-0.2, -0.15) is 0 Å². The minimum atomic E-state index is -0.869. The maximum atomic E-state index is 13.3. The van der Waals surface area contributed by atoms with Gasteiger partial charge in [-0.1, -0.05) is 35.5 Å². The van der Waals surface area contributed by atoms with Crippen molar-refractivity contribution >= 4 is 28.7 Å². The van der Waals surface area contributed by atoms with Crippen LogP contribution in [0.25, 0.3) is 11.1 Å². The Labute approximate surface area is 195 Å². The van der Waals surface area contributed by atoms with E-state index in [1.165, 1.54) is 0 Å². The van der Waals surface area contributed by atoms with Gasteiger partial charge in [0.1, 0.15) is 5.71 Å². The van der Waals surface area contributed by atoms with E-state index in [0.29, 0.717) is 0 Å². The predicted molar refractivity (Wildman–Crippen MR) is 122 cm³/mol. The molecule has 1 amide bonds. The Morgan fingerprint density at radius 3 is 2.00 bits per heavy atom. The molecule has 1 aliphatic rings. The Hall–Kier alpha value is -5.20. The summed E-state index contributed by atoms with van der Waals surface area (Å²) in [6.07, 6.45) is 0. The number of rotatable bonds is 6. The minimum Gasteiger partial charge on any atom is -0.410 e. The molecular weight excluding hydrogens is 462 g/mol. The number of fused-ring (bicyclic) bond motifs is 3. The van der Waals surface area contributed by atoms with Gasteiger partial charge in [0.05, 0.1) is 38.0 Å². The Bertz CT molecular complexity index is 1450. The van der Waals surface area contributed by atoms with E-state index in [9.17, 15) is 40.3 Å². The lowest BCUT2D eigenvalue weighted by Gasteiger charge is -2.16. The fourth-order valence-corrected chi connectivity index (χ4v) is 4.03. The average molecular weight is 477 g/mol. The van der Waals surface area contributed by atoms with E-state index < -0.39 is 43.8 Å². The molecule has 0 fully saturated rings. The van der Waals surface area contributed by atoms with Crippen molar-refractivity contribution < 1.29 is 24.8 Å². The van der Waals surface area contributed by atoms with Gasteiger partial charge >= 0.3 is 0 Å². The second-order valence-electron chi connectivity index (χ2n) is 7.63. The van der Waals surface area contributed by atoms with Crippen LogP contribution in [0.4, 0.5) is 17.1 Å². The highest BCUT2D eigenvalue weighted by Gasteiger charge is 2.39. The number of nitrogens with one attached hydrogen (secondary N) is 1. The number of oxime groups is 1. The van der Waals surface area contributed by atoms with E-state index in [1.54, 1.807) is 37.3 Å². The molecule has 1 aliphatic carbocycles. The third-order valence-corrected chi connectivity index (χ3v) is 5.60. The number of hydrogen-bond acceptors (Lipinski definition) is 9. The molecule has 0 spiro atoms. The lowest BCUT2D eigenvalue weighted by atomic mass is 9.96. The minimum absolute atomic E-state index is 0.0993. The Morgan fingerprint density at radius 2 is 1.46 bits per heavy atom. The number of nitrogens with zero attached hydrogens (tertiary/aromatic N) is 4. The van der Waals surface area contributed by atoms with Crippen molar-refractivity contribution in [2.75, 3.05) is 0 Å². The number of hydrogen-bond donors (Lipinski definition) is 2. The number of carbonyl (C=O) groups is 1. The Balaban J connectivity index is 1.98. The lowest BCUT2D eigenvalue weighted by molar-refractivity contribution is -0.393. The van der Waals surface area contributed by atoms with Crippen molar-refractivity contribution in [2.45, 2.75) is 13.0 Å². The second-order valence-corrected chi connectivity index (χ2v) is 7.63. The van der Waals surface area contributed by atoms with Crippen LogP contribution in [0.1, 0.15) is 40.0 Å². The smallest absolute Gasteiger partial charge is 0.284 e. The first-order chi connectivity index (χ1) is 16.6. The van der Waals surface area contributed by atoms with Gasteiger partial charge in [0.25, 0.3) is 23.0 Å². The summed E-state index contributed by atoms with van der Waals surface area (Å²) in [6.45, 7) is 1.69. The quantitative estimate of drug-likeness (QED) is 0.235. The number of benzene rings is 3. The molecule has 0 aliphatic heterocycles. The SMILES string of the molecule is C[C@@H](NC(=O)c1cc([N+](=O)[O-])cc2c1-c1c(cc([N+](=O)[O-])cc1[N+](=O)[O-])/C2=N/O)c1ccccc1. The van der Waals surface area contributed by atoms with Crippen LogP contribution in [0.15, 0.2) is 59.8 Å². The highest BCUT2D eigenvalue weighted by molar-refractivity contribution is 6.28. The molecule has 0 aromatic heterocycles. The molecule has 13 nitrogen and oxygen atoms in total. The topological polar surface area (TPSA) is 191 Å². The lowest BCUT2D eigenvalue weighted by Crippen LogP contribution is -2.27. The molecule has 176 valence electrons. The average Bonchev–Trinajstić information content (AvgIpc) is 3.16. The summed E-state index contributed by atoms with van der Waals surface area (Å²) < 4.78 is 0. The molecule has 13 heteroatoms.